The van der Waals surface area contributed by atoms with Crippen LogP contribution in [0.3, 0.4) is 0 Å². The number of imidazole rings is 1. The molecule has 0 fully saturated rings. The van der Waals surface area contributed by atoms with Gasteiger partial charge in [-0.1, -0.05) is 6.07 Å². The molecule has 0 atom stereocenters. The second-order valence-electron chi connectivity index (χ2n) is 6.44. The number of aromatic nitrogens is 2. The monoisotopic (exact) mass is 427 g/mol. The maximum atomic E-state index is 12.8. The summed E-state index contributed by atoms with van der Waals surface area (Å²) in [7, 11) is -1.06. The fraction of sp³-hybridized carbons (Fsp3) is 0.222. The van der Waals surface area contributed by atoms with Gasteiger partial charge in [-0.3, -0.25) is 13.9 Å². The average Bonchev–Trinajstić information content (AvgIpc) is 2.85. The number of carbonyl (C=O) groups excluding carboxylic acids is 1. The molecule has 0 bridgehead atoms. The van der Waals surface area contributed by atoms with Gasteiger partial charge in [0.05, 0.1) is 21.5 Å². The summed E-state index contributed by atoms with van der Waals surface area (Å²) in [5.74, 6) is -1.94. The topological polar surface area (TPSA) is 90.2 Å². The lowest BCUT2D eigenvalue weighted by atomic mass is 10.2. The van der Waals surface area contributed by atoms with Gasteiger partial charge in [-0.25, -0.2) is 13.2 Å². The van der Waals surface area contributed by atoms with Crippen LogP contribution in [0.25, 0.3) is 11.0 Å². The number of nitrogens with one attached hydrogen (secondary N) is 1. The lowest BCUT2D eigenvalue weighted by molar-refractivity contribution is -0.137. The highest BCUT2D eigenvalue weighted by Crippen LogP contribution is 2.30. The number of fused-ring (bicyclic) bond motifs is 1. The predicted octanol–water partition coefficient (Wildman–Crippen LogP) is 2.31. The van der Waals surface area contributed by atoms with Crippen LogP contribution in [-0.4, -0.2) is 29.2 Å². The zero-order chi connectivity index (χ0) is 21.6. The maximum absolute atomic E-state index is 12.8. The van der Waals surface area contributed by atoms with Gasteiger partial charge in [0.15, 0.2) is 9.84 Å². The quantitative estimate of drug-likeness (QED) is 0.692. The first-order valence-corrected chi connectivity index (χ1v) is 9.91. The third-order valence-electron chi connectivity index (χ3n) is 4.40. The molecule has 154 valence electrons. The average molecular weight is 427 g/mol. The van der Waals surface area contributed by atoms with Gasteiger partial charge in [-0.2, -0.15) is 13.2 Å². The molecule has 3 rings (SSSR count). The van der Waals surface area contributed by atoms with Crippen molar-refractivity contribution in [3.05, 3.63) is 58.5 Å². The molecule has 0 unspecified atom stereocenters. The molecule has 0 radical (unpaired) electrons. The smallest absolute Gasteiger partial charge is 0.325 e. The van der Waals surface area contributed by atoms with E-state index in [0.717, 1.165) is 18.2 Å². The van der Waals surface area contributed by atoms with Crippen molar-refractivity contribution in [2.24, 2.45) is 14.1 Å². The first-order chi connectivity index (χ1) is 13.4. The second-order valence-corrected chi connectivity index (χ2v) is 8.43. The summed E-state index contributed by atoms with van der Waals surface area (Å²) in [5, 5.41) is 2.16. The maximum Gasteiger partial charge on any atom is 0.416 e. The van der Waals surface area contributed by atoms with Crippen LogP contribution >= 0.6 is 0 Å². The number of sulfone groups is 1. The van der Waals surface area contributed by atoms with E-state index in [1.165, 1.54) is 40.4 Å². The van der Waals surface area contributed by atoms with Gasteiger partial charge in [0.25, 0.3) is 0 Å². The SMILES string of the molecule is Cn1c(=O)n(C)c2cc(S(=O)(=O)CC(=O)Nc3cccc(C(F)(F)F)c3)ccc21. The third kappa shape index (κ3) is 4.04. The predicted molar refractivity (Wildman–Crippen MR) is 100 cm³/mol. The lowest BCUT2D eigenvalue weighted by Crippen LogP contribution is -2.23. The van der Waals surface area contributed by atoms with Crippen LogP contribution in [0.15, 0.2) is 52.2 Å². The summed E-state index contributed by atoms with van der Waals surface area (Å²) < 4.78 is 66.0. The van der Waals surface area contributed by atoms with Gasteiger partial charge in [0.1, 0.15) is 5.75 Å². The molecule has 11 heteroatoms. The van der Waals surface area contributed by atoms with Gasteiger partial charge in [-0.15, -0.1) is 0 Å². The van der Waals surface area contributed by atoms with Gasteiger partial charge in [-0.05, 0) is 36.4 Å². The van der Waals surface area contributed by atoms with E-state index in [4.69, 9.17) is 0 Å². The fourth-order valence-electron chi connectivity index (χ4n) is 2.91. The van der Waals surface area contributed by atoms with Crippen molar-refractivity contribution in [2.45, 2.75) is 11.1 Å². The van der Waals surface area contributed by atoms with E-state index in [1.807, 2.05) is 0 Å². The molecule has 0 aliphatic heterocycles. The molecule has 0 aliphatic carbocycles. The Hall–Kier alpha value is -3.08. The van der Waals surface area contributed by atoms with Crippen molar-refractivity contribution >= 4 is 32.5 Å². The highest BCUT2D eigenvalue weighted by molar-refractivity contribution is 7.92. The molecule has 0 saturated carbocycles. The zero-order valence-electron chi connectivity index (χ0n) is 15.3. The second kappa shape index (κ2) is 7.07. The molecule has 1 N–H and O–H groups in total. The van der Waals surface area contributed by atoms with Crippen molar-refractivity contribution in [1.29, 1.82) is 0 Å². The number of carbonyl (C=O) groups is 1. The minimum atomic E-state index is -4.59. The molecule has 3 aromatic rings. The van der Waals surface area contributed by atoms with Crippen LogP contribution in [0, 0.1) is 0 Å². The minimum Gasteiger partial charge on any atom is -0.325 e. The standard InChI is InChI=1S/C18H16F3N3O4S/c1-23-14-7-6-13(9-15(14)24(2)17(23)26)29(27,28)10-16(25)22-12-5-3-4-11(8-12)18(19,20)21/h3-9H,10H2,1-2H3,(H,22,25). The molecule has 1 heterocycles. The first-order valence-electron chi connectivity index (χ1n) is 8.25. The van der Waals surface area contributed by atoms with E-state index in [-0.39, 0.29) is 16.3 Å². The fourth-order valence-corrected chi connectivity index (χ4v) is 4.06. The van der Waals surface area contributed by atoms with Gasteiger partial charge in [0, 0.05) is 19.8 Å². The largest absolute Gasteiger partial charge is 0.416 e. The Labute approximate surface area is 163 Å². The molecule has 7 nitrogen and oxygen atoms in total. The first kappa shape index (κ1) is 20.6. The Morgan fingerprint density at radius 2 is 1.69 bits per heavy atom. The number of hydrogen-bond acceptors (Lipinski definition) is 4. The Bertz CT molecular complexity index is 1270. The number of rotatable bonds is 4. The molecule has 29 heavy (non-hydrogen) atoms. The third-order valence-corrected chi connectivity index (χ3v) is 6.01. The molecule has 0 aliphatic rings. The Kier molecular flexibility index (Phi) is 5.03. The number of amides is 1. The molecular weight excluding hydrogens is 411 g/mol. The molecule has 2 aromatic carbocycles. The summed E-state index contributed by atoms with van der Waals surface area (Å²) >= 11 is 0. The minimum absolute atomic E-state index is 0.166. The van der Waals surface area contributed by atoms with Crippen molar-refractivity contribution in [3.8, 4) is 0 Å². The normalized spacial score (nSPS) is 12.3. The molecule has 1 amide bonds. The van der Waals surface area contributed by atoms with Crippen molar-refractivity contribution in [3.63, 3.8) is 0 Å². The summed E-state index contributed by atoms with van der Waals surface area (Å²) in [6.45, 7) is 0. The molecule has 0 spiro atoms. The Morgan fingerprint density at radius 3 is 2.34 bits per heavy atom. The van der Waals surface area contributed by atoms with Crippen molar-refractivity contribution in [2.75, 3.05) is 11.1 Å². The summed E-state index contributed by atoms with van der Waals surface area (Å²) in [4.78, 5) is 23.9. The Balaban J connectivity index is 1.84. The number of nitrogens with zero attached hydrogens (tertiary/aromatic N) is 2. The number of aryl methyl sites for hydroxylation is 2. The number of alkyl halides is 3. The zero-order valence-corrected chi connectivity index (χ0v) is 16.1. The lowest BCUT2D eigenvalue weighted by Gasteiger charge is -2.10. The van der Waals surface area contributed by atoms with E-state index in [1.54, 1.807) is 7.05 Å². The van der Waals surface area contributed by atoms with E-state index in [0.29, 0.717) is 11.0 Å². The van der Waals surface area contributed by atoms with E-state index >= 15 is 0 Å². The van der Waals surface area contributed by atoms with Crippen LogP contribution in [0.4, 0.5) is 18.9 Å². The van der Waals surface area contributed by atoms with Crippen LogP contribution < -0.4 is 11.0 Å². The van der Waals surface area contributed by atoms with Gasteiger partial charge >= 0.3 is 11.9 Å². The summed E-state index contributed by atoms with van der Waals surface area (Å²) in [6.07, 6.45) is -4.59. The number of benzene rings is 2. The number of halogens is 3. The molecule has 1 aromatic heterocycles. The van der Waals surface area contributed by atoms with Crippen LogP contribution in [0.2, 0.25) is 0 Å². The summed E-state index contributed by atoms with van der Waals surface area (Å²) in [5.41, 5.74) is -0.576. The molecule has 0 saturated heterocycles. The van der Waals surface area contributed by atoms with Crippen LogP contribution in [-0.2, 0) is 34.9 Å². The highest BCUT2D eigenvalue weighted by atomic mass is 32.2. The van der Waals surface area contributed by atoms with Gasteiger partial charge < -0.3 is 5.32 Å². The van der Waals surface area contributed by atoms with E-state index in [9.17, 15) is 31.2 Å². The van der Waals surface area contributed by atoms with E-state index in [2.05, 4.69) is 5.32 Å². The van der Waals surface area contributed by atoms with E-state index < -0.39 is 33.2 Å². The van der Waals surface area contributed by atoms with Crippen molar-refractivity contribution < 1.29 is 26.4 Å². The van der Waals surface area contributed by atoms with Gasteiger partial charge in [0.2, 0.25) is 5.91 Å². The van der Waals surface area contributed by atoms with Crippen LogP contribution in [0.5, 0.6) is 0 Å². The number of hydrogen-bond donors (Lipinski definition) is 1. The summed E-state index contributed by atoms with van der Waals surface area (Å²) in [6, 6.07) is 7.90. The molecular formula is C18H16F3N3O4S. The number of anilines is 1. The van der Waals surface area contributed by atoms with Crippen molar-refractivity contribution in [1.82, 2.24) is 9.13 Å². The highest BCUT2D eigenvalue weighted by Gasteiger charge is 2.30. The van der Waals surface area contributed by atoms with Crippen LogP contribution in [0.1, 0.15) is 5.56 Å². The Morgan fingerprint density at radius 1 is 1.03 bits per heavy atom.